The first-order valence-corrected chi connectivity index (χ1v) is 6.88. The molecule has 0 radical (unpaired) electrons. The minimum Gasteiger partial charge on any atom is -0.344 e. The molecule has 0 bridgehead atoms. The third-order valence-electron chi connectivity index (χ3n) is 3.90. The monoisotopic (exact) mass is 267 g/mol. The van der Waals surface area contributed by atoms with Crippen LogP contribution >= 0.6 is 0 Å². The van der Waals surface area contributed by atoms with Gasteiger partial charge in [-0.15, -0.1) is 0 Å². The van der Waals surface area contributed by atoms with Gasteiger partial charge in [0, 0.05) is 13.5 Å². The minimum atomic E-state index is -0.658. The second-order valence-electron chi connectivity index (χ2n) is 5.37. The summed E-state index contributed by atoms with van der Waals surface area (Å²) in [4.78, 5) is 35.8. The molecule has 106 valence electrons. The van der Waals surface area contributed by atoms with Crippen LogP contribution in [-0.4, -0.2) is 48.8 Å². The molecule has 0 aliphatic carbocycles. The number of likely N-dealkylation sites (N-methyl/N-ethyl adjacent to an activating group) is 1. The van der Waals surface area contributed by atoms with E-state index in [1.807, 2.05) is 0 Å². The van der Waals surface area contributed by atoms with E-state index < -0.39 is 6.04 Å². The quantitative estimate of drug-likeness (QED) is 0.682. The summed E-state index contributed by atoms with van der Waals surface area (Å²) in [6, 6.07) is -0.658. The fourth-order valence-corrected chi connectivity index (χ4v) is 2.64. The molecule has 2 unspecified atom stereocenters. The van der Waals surface area contributed by atoms with Gasteiger partial charge in [0.05, 0.1) is 6.42 Å². The lowest BCUT2D eigenvalue weighted by atomic mass is 9.94. The van der Waals surface area contributed by atoms with Crippen LogP contribution in [0.2, 0.25) is 0 Å². The number of hydrogen-bond acceptors (Lipinski definition) is 4. The Morgan fingerprint density at radius 1 is 1.47 bits per heavy atom. The summed E-state index contributed by atoms with van der Waals surface area (Å²) < 4.78 is 0. The molecule has 2 rings (SSSR count). The normalized spacial score (nSPS) is 27.7. The van der Waals surface area contributed by atoms with Crippen molar-refractivity contribution in [3.63, 3.8) is 0 Å². The van der Waals surface area contributed by atoms with Crippen LogP contribution in [0.25, 0.3) is 0 Å². The zero-order valence-corrected chi connectivity index (χ0v) is 11.3. The molecule has 3 amide bonds. The Labute approximate surface area is 112 Å². The fraction of sp³-hybridized carbons (Fsp3) is 0.769. The van der Waals surface area contributed by atoms with E-state index in [1.165, 1.54) is 7.05 Å². The predicted molar refractivity (Wildman–Crippen MR) is 69.2 cm³/mol. The van der Waals surface area contributed by atoms with Gasteiger partial charge in [-0.2, -0.15) is 0 Å². The number of rotatable bonds is 4. The predicted octanol–water partition coefficient (Wildman–Crippen LogP) is -0.360. The third-order valence-corrected chi connectivity index (χ3v) is 3.90. The zero-order chi connectivity index (χ0) is 13.8. The molecule has 2 saturated heterocycles. The van der Waals surface area contributed by atoms with E-state index in [0.717, 1.165) is 37.3 Å². The summed E-state index contributed by atoms with van der Waals surface area (Å²) in [5, 5.41) is 5.97. The third kappa shape index (κ3) is 3.53. The summed E-state index contributed by atoms with van der Waals surface area (Å²) in [6.45, 7) is 2.03. The average molecular weight is 267 g/mol. The summed E-state index contributed by atoms with van der Waals surface area (Å²) >= 11 is 0. The topological polar surface area (TPSA) is 78.5 Å². The van der Waals surface area contributed by atoms with Crippen molar-refractivity contribution < 1.29 is 14.4 Å². The van der Waals surface area contributed by atoms with E-state index in [0.29, 0.717) is 12.3 Å². The van der Waals surface area contributed by atoms with Gasteiger partial charge in [0.25, 0.3) is 5.91 Å². The summed E-state index contributed by atoms with van der Waals surface area (Å²) in [6.07, 6.45) is 3.67. The largest absolute Gasteiger partial charge is 0.344 e. The van der Waals surface area contributed by atoms with Crippen LogP contribution in [0.5, 0.6) is 0 Å². The van der Waals surface area contributed by atoms with Crippen molar-refractivity contribution in [3.8, 4) is 0 Å². The fourth-order valence-electron chi connectivity index (χ4n) is 2.64. The van der Waals surface area contributed by atoms with Crippen molar-refractivity contribution in [2.75, 3.05) is 20.1 Å². The van der Waals surface area contributed by atoms with Crippen LogP contribution in [0.1, 0.15) is 32.1 Å². The lowest BCUT2D eigenvalue weighted by Crippen LogP contribution is -2.41. The van der Waals surface area contributed by atoms with Gasteiger partial charge in [-0.1, -0.05) is 0 Å². The molecule has 0 spiro atoms. The maximum Gasteiger partial charge on any atom is 0.252 e. The van der Waals surface area contributed by atoms with Gasteiger partial charge in [-0.05, 0) is 38.3 Å². The van der Waals surface area contributed by atoms with E-state index in [2.05, 4.69) is 10.6 Å². The Morgan fingerprint density at radius 2 is 2.26 bits per heavy atom. The van der Waals surface area contributed by atoms with Crippen LogP contribution in [0.4, 0.5) is 0 Å². The molecule has 0 saturated carbocycles. The van der Waals surface area contributed by atoms with Gasteiger partial charge in [0.1, 0.15) is 6.04 Å². The number of imide groups is 1. The van der Waals surface area contributed by atoms with E-state index >= 15 is 0 Å². The number of nitrogens with zero attached hydrogens (tertiary/aromatic N) is 1. The number of likely N-dealkylation sites (tertiary alicyclic amines) is 1. The second-order valence-corrected chi connectivity index (χ2v) is 5.37. The van der Waals surface area contributed by atoms with Crippen molar-refractivity contribution in [2.45, 2.75) is 38.1 Å². The second kappa shape index (κ2) is 6.14. The van der Waals surface area contributed by atoms with Crippen LogP contribution in [0.3, 0.4) is 0 Å². The van der Waals surface area contributed by atoms with Crippen LogP contribution in [0, 0.1) is 5.92 Å². The molecule has 2 aliphatic heterocycles. The molecular weight excluding hydrogens is 246 g/mol. The summed E-state index contributed by atoms with van der Waals surface area (Å²) in [5.74, 6) is -0.125. The molecule has 2 N–H and O–H groups in total. The molecule has 6 heteroatoms. The standard InChI is InChI=1S/C13H21N3O3/c1-16-12(18)7-10(13(16)19)15-11(17)5-4-9-3-2-6-14-8-9/h9-10,14H,2-8H2,1H3,(H,15,17). The SMILES string of the molecule is CN1C(=O)CC(NC(=O)CCC2CCCNC2)C1=O. The lowest BCUT2D eigenvalue weighted by Gasteiger charge is -2.22. The molecule has 2 fully saturated rings. The molecule has 19 heavy (non-hydrogen) atoms. The Balaban J connectivity index is 1.72. The Bertz CT molecular complexity index is 377. The lowest BCUT2D eigenvalue weighted by molar-refractivity contribution is -0.138. The number of amides is 3. The van der Waals surface area contributed by atoms with Crippen molar-refractivity contribution in [1.29, 1.82) is 0 Å². The molecule has 0 aromatic heterocycles. The molecule has 2 aliphatic rings. The van der Waals surface area contributed by atoms with Crippen molar-refractivity contribution in [3.05, 3.63) is 0 Å². The smallest absolute Gasteiger partial charge is 0.252 e. The highest BCUT2D eigenvalue weighted by molar-refractivity contribution is 6.06. The van der Waals surface area contributed by atoms with E-state index in [9.17, 15) is 14.4 Å². The van der Waals surface area contributed by atoms with Crippen molar-refractivity contribution in [1.82, 2.24) is 15.5 Å². The molecular formula is C13H21N3O3. The average Bonchev–Trinajstić information content (AvgIpc) is 2.65. The minimum absolute atomic E-state index is 0.0893. The van der Waals surface area contributed by atoms with Crippen molar-refractivity contribution >= 4 is 17.7 Å². The number of piperidine rings is 1. The van der Waals surface area contributed by atoms with Crippen molar-refractivity contribution in [2.24, 2.45) is 5.92 Å². The van der Waals surface area contributed by atoms with Gasteiger partial charge in [-0.3, -0.25) is 19.3 Å². The Hall–Kier alpha value is -1.43. The van der Waals surface area contributed by atoms with E-state index in [1.54, 1.807) is 0 Å². The number of carbonyl (C=O) groups is 3. The van der Waals surface area contributed by atoms with Gasteiger partial charge in [0.15, 0.2) is 0 Å². The highest BCUT2D eigenvalue weighted by Gasteiger charge is 2.36. The van der Waals surface area contributed by atoms with Gasteiger partial charge < -0.3 is 10.6 Å². The molecule has 2 atom stereocenters. The van der Waals surface area contributed by atoms with Crippen LogP contribution in [-0.2, 0) is 14.4 Å². The molecule has 6 nitrogen and oxygen atoms in total. The van der Waals surface area contributed by atoms with Crippen LogP contribution in [0.15, 0.2) is 0 Å². The molecule has 0 aromatic rings. The summed E-state index contributed by atoms with van der Waals surface area (Å²) in [7, 11) is 1.45. The number of carbonyl (C=O) groups excluding carboxylic acids is 3. The van der Waals surface area contributed by atoms with E-state index in [-0.39, 0.29) is 24.1 Å². The highest BCUT2D eigenvalue weighted by atomic mass is 16.2. The van der Waals surface area contributed by atoms with E-state index in [4.69, 9.17) is 0 Å². The number of hydrogen-bond donors (Lipinski definition) is 2. The Morgan fingerprint density at radius 3 is 2.84 bits per heavy atom. The van der Waals surface area contributed by atoms with Crippen LogP contribution < -0.4 is 10.6 Å². The van der Waals surface area contributed by atoms with Gasteiger partial charge in [-0.25, -0.2) is 0 Å². The van der Waals surface area contributed by atoms with Gasteiger partial charge in [0.2, 0.25) is 11.8 Å². The molecule has 0 aromatic carbocycles. The Kier molecular flexibility index (Phi) is 4.52. The number of nitrogens with one attached hydrogen (secondary N) is 2. The molecule has 2 heterocycles. The zero-order valence-electron chi connectivity index (χ0n) is 11.3. The first-order chi connectivity index (χ1) is 9.08. The maximum atomic E-state index is 11.8. The highest BCUT2D eigenvalue weighted by Crippen LogP contribution is 2.16. The summed E-state index contributed by atoms with van der Waals surface area (Å²) in [5.41, 5.74) is 0. The first kappa shape index (κ1) is 14.0. The first-order valence-electron chi connectivity index (χ1n) is 6.88. The van der Waals surface area contributed by atoms with Gasteiger partial charge >= 0.3 is 0 Å². The maximum absolute atomic E-state index is 11.8.